The summed E-state index contributed by atoms with van der Waals surface area (Å²) in [4.78, 5) is 1.37. The van der Waals surface area contributed by atoms with Gasteiger partial charge in [0, 0.05) is 19.4 Å². The lowest BCUT2D eigenvalue weighted by Crippen LogP contribution is -2.24. The number of hydrogen-bond acceptors (Lipinski definition) is 3. The zero-order valence-electron chi connectivity index (χ0n) is 10.2. The first-order chi connectivity index (χ1) is 9.38. The Morgan fingerprint density at radius 1 is 1.05 bits per heavy atom. The lowest BCUT2D eigenvalue weighted by atomic mass is 10.2. The van der Waals surface area contributed by atoms with Gasteiger partial charge in [0.05, 0.1) is 0 Å². The monoisotopic (exact) mass is 300 g/mol. The Bertz CT molecular complexity index is 838. The van der Waals surface area contributed by atoms with E-state index in [9.17, 15) is 0 Å². The van der Waals surface area contributed by atoms with E-state index >= 15 is 0 Å². The van der Waals surface area contributed by atoms with Crippen LogP contribution >= 0.6 is 34.4 Å². The molecule has 2 aromatic heterocycles. The second-order valence-corrected chi connectivity index (χ2v) is 7.83. The second kappa shape index (κ2) is 4.82. The standard InChI is InChI=1S/C16H12S3/c1-3-15-11(5-7-17-15)9-13(1)19-14-2-4-16-12(10-14)6-8-18-16/h1,3-10,14H,2H2. The topological polar surface area (TPSA) is 0 Å². The van der Waals surface area contributed by atoms with Crippen LogP contribution in [-0.2, 0) is 0 Å². The van der Waals surface area contributed by atoms with Gasteiger partial charge < -0.3 is 0 Å². The van der Waals surface area contributed by atoms with Crippen LogP contribution in [-0.4, -0.2) is 5.25 Å². The molecule has 1 aliphatic rings. The highest BCUT2D eigenvalue weighted by atomic mass is 32.2. The lowest BCUT2D eigenvalue weighted by Gasteiger charge is -2.12. The normalized spacial score (nSPS) is 17.8. The molecule has 0 N–H and O–H groups in total. The number of thiophene rings is 2. The van der Waals surface area contributed by atoms with Crippen molar-refractivity contribution in [3.63, 3.8) is 0 Å². The maximum Gasteiger partial charge on any atom is 0.0343 e. The van der Waals surface area contributed by atoms with Crippen molar-refractivity contribution in [1.82, 2.24) is 0 Å². The van der Waals surface area contributed by atoms with Gasteiger partial charge in [-0.25, -0.2) is 0 Å². The summed E-state index contributed by atoms with van der Waals surface area (Å²) in [6.07, 6.45) is 5.93. The smallest absolute Gasteiger partial charge is 0.0343 e. The van der Waals surface area contributed by atoms with Gasteiger partial charge in [0.25, 0.3) is 0 Å². The lowest BCUT2D eigenvalue weighted by molar-refractivity contribution is 1.14. The van der Waals surface area contributed by atoms with Crippen LogP contribution in [0.5, 0.6) is 0 Å². The molecule has 1 unspecified atom stereocenters. The van der Waals surface area contributed by atoms with Crippen molar-refractivity contribution in [2.75, 3.05) is 0 Å². The summed E-state index contributed by atoms with van der Waals surface area (Å²) in [5.74, 6) is 0. The van der Waals surface area contributed by atoms with Gasteiger partial charge in [0.1, 0.15) is 0 Å². The molecule has 0 spiro atoms. The highest BCUT2D eigenvalue weighted by Crippen LogP contribution is 2.31. The molecule has 0 nitrogen and oxygen atoms in total. The van der Waals surface area contributed by atoms with Gasteiger partial charge in [-0.05, 0) is 58.1 Å². The van der Waals surface area contributed by atoms with Crippen molar-refractivity contribution in [1.29, 1.82) is 0 Å². The van der Waals surface area contributed by atoms with E-state index in [2.05, 4.69) is 53.2 Å². The van der Waals surface area contributed by atoms with E-state index in [-0.39, 0.29) is 0 Å². The van der Waals surface area contributed by atoms with Crippen LogP contribution in [0, 0.1) is 0 Å². The van der Waals surface area contributed by atoms with E-state index in [4.69, 9.17) is 0 Å². The Labute approximate surface area is 124 Å². The Balaban J connectivity index is 1.65. The Kier molecular flexibility index (Phi) is 2.98. The number of thioether (sulfide) groups is 1. The van der Waals surface area contributed by atoms with E-state index in [1.165, 1.54) is 24.7 Å². The molecule has 0 radical (unpaired) electrons. The Hall–Kier alpha value is -1.03. The Morgan fingerprint density at radius 2 is 2.00 bits per heavy atom. The average molecular weight is 300 g/mol. The molecule has 4 rings (SSSR count). The van der Waals surface area contributed by atoms with Gasteiger partial charge in [0.2, 0.25) is 0 Å². The summed E-state index contributed by atoms with van der Waals surface area (Å²) >= 11 is 5.63. The van der Waals surface area contributed by atoms with Crippen LogP contribution in [0.1, 0.15) is 6.42 Å². The van der Waals surface area contributed by atoms with Crippen molar-refractivity contribution < 1.29 is 0 Å². The largest absolute Gasteiger partial charge is 0.144 e. The molecule has 1 aliphatic carbocycles. The van der Waals surface area contributed by atoms with Crippen LogP contribution in [0.15, 0.2) is 46.0 Å². The molecule has 0 bridgehead atoms. The van der Waals surface area contributed by atoms with E-state index in [0.717, 1.165) is 6.42 Å². The molecule has 2 heterocycles. The second-order valence-electron chi connectivity index (χ2n) is 4.62. The molecule has 19 heavy (non-hydrogen) atoms. The molecule has 3 heteroatoms. The molecule has 0 aliphatic heterocycles. The van der Waals surface area contributed by atoms with Crippen LogP contribution in [0.2, 0.25) is 0 Å². The SMILES string of the molecule is C1=c2ccsc2=CCC1Sc1ccc2sccc2c1. The molecular formula is C16H12S3. The zero-order valence-corrected chi connectivity index (χ0v) is 12.7. The summed E-state index contributed by atoms with van der Waals surface area (Å²) < 4.78 is 2.81. The van der Waals surface area contributed by atoms with Crippen molar-refractivity contribution in [2.45, 2.75) is 16.6 Å². The number of benzene rings is 1. The quantitative estimate of drug-likeness (QED) is 0.687. The summed E-state index contributed by atoms with van der Waals surface area (Å²) in [5, 5.41) is 7.69. The van der Waals surface area contributed by atoms with Crippen LogP contribution in [0.3, 0.4) is 0 Å². The minimum absolute atomic E-state index is 0.568. The van der Waals surface area contributed by atoms with Gasteiger partial charge in [-0.2, -0.15) is 0 Å². The molecule has 1 aromatic carbocycles. The van der Waals surface area contributed by atoms with Gasteiger partial charge >= 0.3 is 0 Å². The summed E-state index contributed by atoms with van der Waals surface area (Å²) in [6.45, 7) is 0. The summed E-state index contributed by atoms with van der Waals surface area (Å²) in [6, 6.07) is 11.2. The minimum atomic E-state index is 0.568. The molecule has 0 amide bonds. The third-order valence-electron chi connectivity index (χ3n) is 3.34. The highest BCUT2D eigenvalue weighted by molar-refractivity contribution is 8.00. The molecular weight excluding hydrogens is 288 g/mol. The number of fused-ring (bicyclic) bond motifs is 2. The van der Waals surface area contributed by atoms with E-state index in [1.807, 2.05) is 34.4 Å². The van der Waals surface area contributed by atoms with Crippen LogP contribution < -0.4 is 9.75 Å². The van der Waals surface area contributed by atoms with Crippen molar-refractivity contribution in [3.05, 3.63) is 50.8 Å². The van der Waals surface area contributed by atoms with Gasteiger partial charge in [-0.15, -0.1) is 34.4 Å². The molecule has 0 fully saturated rings. The van der Waals surface area contributed by atoms with Crippen molar-refractivity contribution >= 4 is 56.7 Å². The minimum Gasteiger partial charge on any atom is -0.144 e. The predicted molar refractivity (Wildman–Crippen MR) is 88.6 cm³/mol. The molecule has 3 aromatic rings. The van der Waals surface area contributed by atoms with Crippen molar-refractivity contribution in [2.24, 2.45) is 0 Å². The Morgan fingerprint density at radius 3 is 3.00 bits per heavy atom. The maximum atomic E-state index is 2.41. The van der Waals surface area contributed by atoms with E-state index < -0.39 is 0 Å². The van der Waals surface area contributed by atoms with E-state index in [1.54, 1.807) is 0 Å². The first-order valence-electron chi connectivity index (χ1n) is 6.28. The number of hydrogen-bond donors (Lipinski definition) is 0. The third-order valence-corrected chi connectivity index (χ3v) is 6.32. The highest BCUT2D eigenvalue weighted by Gasteiger charge is 2.10. The fourth-order valence-electron chi connectivity index (χ4n) is 2.40. The molecule has 0 saturated heterocycles. The molecule has 94 valence electrons. The van der Waals surface area contributed by atoms with Gasteiger partial charge in [-0.1, -0.05) is 12.2 Å². The number of rotatable bonds is 2. The zero-order chi connectivity index (χ0) is 12.7. The molecule has 1 atom stereocenters. The third kappa shape index (κ3) is 2.27. The fourth-order valence-corrected chi connectivity index (χ4v) is 5.10. The first kappa shape index (κ1) is 11.8. The van der Waals surface area contributed by atoms with Crippen LogP contribution in [0.25, 0.3) is 22.2 Å². The maximum absolute atomic E-state index is 2.41. The first-order valence-corrected chi connectivity index (χ1v) is 8.92. The summed E-state index contributed by atoms with van der Waals surface area (Å²) in [7, 11) is 0. The van der Waals surface area contributed by atoms with E-state index in [0.29, 0.717) is 5.25 Å². The van der Waals surface area contributed by atoms with Gasteiger partial charge in [-0.3, -0.25) is 0 Å². The summed E-state index contributed by atoms with van der Waals surface area (Å²) in [5.41, 5.74) is 0. The molecule has 0 saturated carbocycles. The van der Waals surface area contributed by atoms with Gasteiger partial charge in [0.15, 0.2) is 0 Å². The average Bonchev–Trinajstić information content (AvgIpc) is 3.05. The predicted octanol–water partition coefficient (Wildman–Crippen LogP) is 4.09. The fraction of sp³-hybridized carbons (Fsp3) is 0.125. The van der Waals surface area contributed by atoms with Crippen LogP contribution in [0.4, 0.5) is 0 Å². The van der Waals surface area contributed by atoms with Crippen molar-refractivity contribution in [3.8, 4) is 0 Å².